The van der Waals surface area contributed by atoms with Gasteiger partial charge in [-0.25, -0.2) is 4.39 Å². The van der Waals surface area contributed by atoms with E-state index in [1.807, 2.05) is 7.05 Å². The summed E-state index contributed by atoms with van der Waals surface area (Å²) in [6, 6.07) is 6.57. The highest BCUT2D eigenvalue weighted by Crippen LogP contribution is 2.19. The maximum Gasteiger partial charge on any atom is 0.247 e. The summed E-state index contributed by atoms with van der Waals surface area (Å²) in [7, 11) is 2.01. The lowest BCUT2D eigenvalue weighted by Crippen LogP contribution is -2.38. The molecule has 0 aliphatic carbocycles. The zero-order chi connectivity index (χ0) is 14.7. The number of aromatic nitrogens is 2. The SMILES string of the molecule is CN(Cc1nnc(-c2cccc(F)c2)o1)CC1CCNN1. The van der Waals surface area contributed by atoms with Gasteiger partial charge in [-0.1, -0.05) is 6.07 Å². The molecular weight excluding hydrogens is 273 g/mol. The molecule has 1 aliphatic heterocycles. The van der Waals surface area contributed by atoms with Gasteiger partial charge >= 0.3 is 0 Å². The van der Waals surface area contributed by atoms with E-state index >= 15 is 0 Å². The van der Waals surface area contributed by atoms with Gasteiger partial charge < -0.3 is 4.42 Å². The highest BCUT2D eigenvalue weighted by Gasteiger charge is 2.17. The van der Waals surface area contributed by atoms with Crippen molar-refractivity contribution in [3.05, 3.63) is 36.0 Å². The van der Waals surface area contributed by atoms with Crippen LogP contribution >= 0.6 is 0 Å². The van der Waals surface area contributed by atoms with Gasteiger partial charge in [-0.05, 0) is 31.7 Å². The van der Waals surface area contributed by atoms with E-state index in [0.29, 0.717) is 29.9 Å². The molecule has 2 heterocycles. The van der Waals surface area contributed by atoms with Crippen LogP contribution < -0.4 is 10.9 Å². The van der Waals surface area contributed by atoms with E-state index in [4.69, 9.17) is 4.42 Å². The molecule has 3 rings (SSSR count). The normalized spacial score (nSPS) is 18.5. The maximum atomic E-state index is 13.2. The number of hydrogen-bond donors (Lipinski definition) is 2. The Hall–Kier alpha value is -1.83. The van der Waals surface area contributed by atoms with Gasteiger partial charge in [-0.15, -0.1) is 10.2 Å². The van der Waals surface area contributed by atoms with Gasteiger partial charge in [0.05, 0.1) is 6.54 Å². The lowest BCUT2D eigenvalue weighted by molar-refractivity contribution is 0.262. The fourth-order valence-electron chi connectivity index (χ4n) is 2.40. The van der Waals surface area contributed by atoms with E-state index in [9.17, 15) is 4.39 Å². The Morgan fingerprint density at radius 3 is 3.10 bits per heavy atom. The van der Waals surface area contributed by atoms with Gasteiger partial charge in [0.2, 0.25) is 11.8 Å². The molecule has 2 N–H and O–H groups in total. The van der Waals surface area contributed by atoms with Crippen LogP contribution in [0.1, 0.15) is 12.3 Å². The molecule has 21 heavy (non-hydrogen) atoms. The first-order valence-corrected chi connectivity index (χ1v) is 6.96. The van der Waals surface area contributed by atoms with Crippen LogP contribution in [0, 0.1) is 5.82 Å². The van der Waals surface area contributed by atoms with Gasteiger partial charge in [0, 0.05) is 24.7 Å². The van der Waals surface area contributed by atoms with Crippen molar-refractivity contribution in [2.24, 2.45) is 0 Å². The molecule has 112 valence electrons. The molecule has 6 nitrogen and oxygen atoms in total. The topological polar surface area (TPSA) is 66.2 Å². The van der Waals surface area contributed by atoms with E-state index in [2.05, 4.69) is 25.9 Å². The molecule has 0 saturated carbocycles. The molecule has 0 spiro atoms. The van der Waals surface area contributed by atoms with Crippen molar-refractivity contribution < 1.29 is 8.81 Å². The maximum absolute atomic E-state index is 13.2. The number of hydrogen-bond acceptors (Lipinski definition) is 6. The van der Waals surface area contributed by atoms with Gasteiger partial charge in [-0.3, -0.25) is 15.8 Å². The third-order valence-electron chi connectivity index (χ3n) is 3.40. The summed E-state index contributed by atoms with van der Waals surface area (Å²) < 4.78 is 18.8. The van der Waals surface area contributed by atoms with Crippen molar-refractivity contribution in [2.45, 2.75) is 19.0 Å². The zero-order valence-corrected chi connectivity index (χ0v) is 11.8. The molecule has 2 aromatic rings. The van der Waals surface area contributed by atoms with Crippen molar-refractivity contribution >= 4 is 0 Å². The largest absolute Gasteiger partial charge is 0.419 e. The Morgan fingerprint density at radius 2 is 2.33 bits per heavy atom. The molecule has 0 bridgehead atoms. The highest BCUT2D eigenvalue weighted by molar-refractivity contribution is 5.52. The molecular formula is C14H18FN5O. The number of nitrogens with one attached hydrogen (secondary N) is 2. The summed E-state index contributed by atoms with van der Waals surface area (Å²) in [5.74, 6) is 0.561. The number of rotatable bonds is 5. The first-order valence-electron chi connectivity index (χ1n) is 6.96. The van der Waals surface area contributed by atoms with Crippen LogP contribution in [0.3, 0.4) is 0 Å². The summed E-state index contributed by atoms with van der Waals surface area (Å²) in [5, 5.41) is 7.99. The number of hydrazine groups is 1. The predicted octanol–water partition coefficient (Wildman–Crippen LogP) is 1.17. The van der Waals surface area contributed by atoms with Crippen molar-refractivity contribution in [3.63, 3.8) is 0 Å². The van der Waals surface area contributed by atoms with Gasteiger partial charge in [0.15, 0.2) is 0 Å². The molecule has 7 heteroatoms. The van der Waals surface area contributed by atoms with Gasteiger partial charge in [0.25, 0.3) is 0 Å². The van der Waals surface area contributed by atoms with Crippen LogP contribution in [0.5, 0.6) is 0 Å². The lowest BCUT2D eigenvalue weighted by Gasteiger charge is -2.18. The fourth-order valence-corrected chi connectivity index (χ4v) is 2.40. The average Bonchev–Trinajstić information content (AvgIpc) is 3.10. The molecule has 1 aromatic carbocycles. The first-order chi connectivity index (χ1) is 10.2. The van der Waals surface area contributed by atoms with Gasteiger partial charge in [0.1, 0.15) is 5.82 Å². The standard InChI is InChI=1S/C14H18FN5O/c1-20(8-12-5-6-16-17-12)9-13-18-19-14(21-13)10-3-2-4-11(15)7-10/h2-4,7,12,16-17H,5-6,8-9H2,1H3. The van der Waals surface area contributed by atoms with E-state index in [1.165, 1.54) is 12.1 Å². The molecule has 1 fully saturated rings. The number of likely N-dealkylation sites (N-methyl/N-ethyl adjacent to an activating group) is 1. The summed E-state index contributed by atoms with van der Waals surface area (Å²) in [5.41, 5.74) is 6.91. The smallest absolute Gasteiger partial charge is 0.247 e. The second kappa shape index (κ2) is 6.30. The van der Waals surface area contributed by atoms with E-state index in [-0.39, 0.29) is 5.82 Å². The van der Waals surface area contributed by atoms with E-state index in [1.54, 1.807) is 12.1 Å². The van der Waals surface area contributed by atoms with Crippen molar-refractivity contribution in [3.8, 4) is 11.5 Å². The second-order valence-electron chi connectivity index (χ2n) is 5.26. The Labute approximate surface area is 122 Å². The summed E-state index contributed by atoms with van der Waals surface area (Å²) in [4.78, 5) is 2.12. The molecule has 0 amide bonds. The third kappa shape index (κ3) is 3.63. The zero-order valence-electron chi connectivity index (χ0n) is 11.8. The summed E-state index contributed by atoms with van der Waals surface area (Å²) >= 11 is 0. The minimum absolute atomic E-state index is 0.316. The minimum atomic E-state index is -0.316. The number of nitrogens with zero attached hydrogens (tertiary/aromatic N) is 3. The predicted molar refractivity (Wildman–Crippen MR) is 75.6 cm³/mol. The van der Waals surface area contributed by atoms with E-state index < -0.39 is 0 Å². The Kier molecular flexibility index (Phi) is 4.23. The quantitative estimate of drug-likeness (QED) is 0.862. The molecule has 1 aliphatic rings. The van der Waals surface area contributed by atoms with Crippen molar-refractivity contribution in [1.82, 2.24) is 25.9 Å². The molecule has 1 unspecified atom stereocenters. The van der Waals surface area contributed by atoms with Crippen molar-refractivity contribution in [1.29, 1.82) is 0 Å². The average molecular weight is 291 g/mol. The van der Waals surface area contributed by atoms with Crippen LogP contribution in [-0.4, -0.2) is 41.3 Å². The molecule has 1 atom stereocenters. The van der Waals surface area contributed by atoms with Crippen LogP contribution in [0.4, 0.5) is 4.39 Å². The Bertz CT molecular complexity index is 597. The molecule has 1 aromatic heterocycles. The fraction of sp³-hybridized carbons (Fsp3) is 0.429. The van der Waals surface area contributed by atoms with E-state index in [0.717, 1.165) is 19.5 Å². The third-order valence-corrected chi connectivity index (χ3v) is 3.40. The molecule has 1 saturated heterocycles. The minimum Gasteiger partial charge on any atom is -0.419 e. The Morgan fingerprint density at radius 1 is 1.43 bits per heavy atom. The highest BCUT2D eigenvalue weighted by atomic mass is 19.1. The molecule has 0 radical (unpaired) electrons. The Balaban J connectivity index is 1.62. The van der Waals surface area contributed by atoms with Crippen LogP contribution in [0.15, 0.2) is 28.7 Å². The van der Waals surface area contributed by atoms with Crippen LogP contribution in [-0.2, 0) is 6.54 Å². The first kappa shape index (κ1) is 14.1. The van der Waals surface area contributed by atoms with Crippen LogP contribution in [0.2, 0.25) is 0 Å². The van der Waals surface area contributed by atoms with Gasteiger partial charge in [-0.2, -0.15) is 0 Å². The summed E-state index contributed by atoms with van der Waals surface area (Å²) in [6.45, 7) is 2.45. The van der Waals surface area contributed by atoms with Crippen LogP contribution in [0.25, 0.3) is 11.5 Å². The number of benzene rings is 1. The lowest BCUT2D eigenvalue weighted by atomic mass is 10.2. The number of halogens is 1. The second-order valence-corrected chi connectivity index (χ2v) is 5.26. The monoisotopic (exact) mass is 291 g/mol. The van der Waals surface area contributed by atoms with Crippen molar-refractivity contribution in [2.75, 3.05) is 20.1 Å². The summed E-state index contributed by atoms with van der Waals surface area (Å²) in [6.07, 6.45) is 1.10.